The number of hydrogen-bond acceptors (Lipinski definition) is 1. The summed E-state index contributed by atoms with van der Waals surface area (Å²) in [5.41, 5.74) is 0.123. The third kappa shape index (κ3) is 1.98. The molecular weight excluding hydrogens is 234 g/mol. The second-order valence-corrected chi connectivity index (χ2v) is 4.18. The van der Waals surface area contributed by atoms with Crippen molar-refractivity contribution in [3.05, 3.63) is 28.8 Å². The second-order valence-electron chi connectivity index (χ2n) is 3.75. The molecule has 1 aliphatic carbocycles. The van der Waals surface area contributed by atoms with Gasteiger partial charge in [0.1, 0.15) is 5.75 Å². The van der Waals surface area contributed by atoms with E-state index >= 15 is 0 Å². The van der Waals surface area contributed by atoms with Crippen LogP contribution in [0.2, 0.25) is 5.02 Å². The third-order valence-electron chi connectivity index (χ3n) is 2.70. The summed E-state index contributed by atoms with van der Waals surface area (Å²) in [6.45, 7) is -2.85. The predicted octanol–water partition coefficient (Wildman–Crippen LogP) is 3.61. The highest BCUT2D eigenvalue weighted by atomic mass is 35.5. The maximum atomic E-state index is 12.2. The molecule has 0 heterocycles. The van der Waals surface area contributed by atoms with Gasteiger partial charge in [-0.15, -0.1) is 6.42 Å². The van der Waals surface area contributed by atoms with Crippen molar-refractivity contribution >= 4 is 11.6 Å². The van der Waals surface area contributed by atoms with Crippen LogP contribution in [0.5, 0.6) is 5.75 Å². The fourth-order valence-corrected chi connectivity index (χ4v) is 1.86. The van der Waals surface area contributed by atoms with Crippen LogP contribution in [-0.4, -0.2) is 6.61 Å². The van der Waals surface area contributed by atoms with Gasteiger partial charge in [-0.05, 0) is 31.0 Å². The minimum absolute atomic E-state index is 0.120. The normalized spacial score (nSPS) is 16.9. The first kappa shape index (κ1) is 11.2. The van der Waals surface area contributed by atoms with E-state index in [4.69, 9.17) is 18.0 Å². The van der Waals surface area contributed by atoms with Crippen molar-refractivity contribution in [1.29, 1.82) is 0 Å². The van der Waals surface area contributed by atoms with Crippen LogP contribution in [-0.2, 0) is 5.41 Å². The summed E-state index contributed by atoms with van der Waals surface area (Å²) in [5.74, 6) is 2.75. The molecule has 1 aliphatic rings. The Kier molecular flexibility index (Phi) is 2.77. The Morgan fingerprint density at radius 2 is 2.12 bits per heavy atom. The lowest BCUT2D eigenvalue weighted by Gasteiger charge is -2.15. The number of hydrogen-bond donors (Lipinski definition) is 0. The number of rotatable bonds is 3. The number of alkyl halides is 2. The highest BCUT2D eigenvalue weighted by molar-refractivity contribution is 6.30. The highest BCUT2D eigenvalue weighted by Crippen LogP contribution is 2.51. The van der Waals surface area contributed by atoms with Crippen LogP contribution < -0.4 is 4.74 Å². The molecule has 0 bridgehead atoms. The van der Waals surface area contributed by atoms with Gasteiger partial charge in [0.15, 0.2) is 0 Å². The van der Waals surface area contributed by atoms with Crippen LogP contribution in [0.4, 0.5) is 8.78 Å². The smallest absolute Gasteiger partial charge is 0.387 e. The average Bonchev–Trinajstić information content (AvgIpc) is 3.01. The summed E-state index contributed by atoms with van der Waals surface area (Å²) in [4.78, 5) is 0. The molecule has 1 aromatic carbocycles. The van der Waals surface area contributed by atoms with E-state index < -0.39 is 12.0 Å². The molecule has 0 unspecified atom stereocenters. The van der Waals surface area contributed by atoms with Crippen molar-refractivity contribution in [3.63, 3.8) is 0 Å². The Bertz CT molecular complexity index is 447. The molecule has 16 heavy (non-hydrogen) atoms. The molecule has 0 radical (unpaired) electrons. The average molecular weight is 243 g/mol. The van der Waals surface area contributed by atoms with E-state index in [2.05, 4.69) is 10.7 Å². The topological polar surface area (TPSA) is 9.23 Å². The Balaban J connectivity index is 2.42. The van der Waals surface area contributed by atoms with Gasteiger partial charge in [0.25, 0.3) is 0 Å². The summed E-state index contributed by atoms with van der Waals surface area (Å²) < 4.78 is 28.9. The van der Waals surface area contributed by atoms with Crippen LogP contribution >= 0.6 is 11.6 Å². The number of halogens is 3. The van der Waals surface area contributed by atoms with Gasteiger partial charge in [-0.1, -0.05) is 17.5 Å². The molecule has 0 N–H and O–H groups in total. The van der Waals surface area contributed by atoms with Crippen molar-refractivity contribution < 1.29 is 13.5 Å². The first-order chi connectivity index (χ1) is 7.57. The zero-order chi connectivity index (χ0) is 11.8. The number of ether oxygens (including phenoxy) is 1. The fourth-order valence-electron chi connectivity index (χ4n) is 1.69. The van der Waals surface area contributed by atoms with Crippen molar-refractivity contribution in [2.24, 2.45) is 0 Å². The highest BCUT2D eigenvalue weighted by Gasteiger charge is 2.45. The lowest BCUT2D eigenvalue weighted by atomic mass is 9.96. The fraction of sp³-hybridized carbons (Fsp3) is 0.333. The molecule has 1 fully saturated rings. The molecule has 1 aromatic rings. The molecule has 0 atom stereocenters. The van der Waals surface area contributed by atoms with E-state index in [-0.39, 0.29) is 5.75 Å². The molecule has 0 saturated heterocycles. The van der Waals surface area contributed by atoms with Gasteiger partial charge in [-0.3, -0.25) is 0 Å². The molecule has 0 amide bonds. The zero-order valence-electron chi connectivity index (χ0n) is 8.34. The lowest BCUT2D eigenvalue weighted by molar-refractivity contribution is -0.0505. The maximum absolute atomic E-state index is 12.2. The molecular formula is C12H9ClF2O. The van der Waals surface area contributed by atoms with Gasteiger partial charge < -0.3 is 4.74 Å². The largest absolute Gasteiger partial charge is 0.434 e. The van der Waals surface area contributed by atoms with Crippen molar-refractivity contribution in [2.75, 3.05) is 0 Å². The SMILES string of the molecule is C#CC1(c2cc(Cl)ccc2OC(F)F)CC1. The molecule has 0 aliphatic heterocycles. The molecule has 0 aromatic heterocycles. The van der Waals surface area contributed by atoms with Crippen LogP contribution in [0.3, 0.4) is 0 Å². The van der Waals surface area contributed by atoms with E-state index in [0.29, 0.717) is 10.6 Å². The lowest BCUT2D eigenvalue weighted by Crippen LogP contribution is -2.10. The Labute approximate surface area is 97.4 Å². The predicted molar refractivity (Wildman–Crippen MR) is 57.8 cm³/mol. The maximum Gasteiger partial charge on any atom is 0.387 e. The zero-order valence-corrected chi connectivity index (χ0v) is 9.10. The molecule has 2 rings (SSSR count). The van der Waals surface area contributed by atoms with Gasteiger partial charge in [-0.25, -0.2) is 0 Å². The molecule has 1 nitrogen and oxygen atoms in total. The monoisotopic (exact) mass is 242 g/mol. The summed E-state index contributed by atoms with van der Waals surface area (Å²) in [5, 5.41) is 0.471. The minimum Gasteiger partial charge on any atom is -0.434 e. The van der Waals surface area contributed by atoms with Gasteiger partial charge in [0.05, 0.1) is 5.41 Å². The van der Waals surface area contributed by atoms with E-state index in [1.165, 1.54) is 12.1 Å². The van der Waals surface area contributed by atoms with Crippen molar-refractivity contribution in [3.8, 4) is 18.1 Å². The Morgan fingerprint density at radius 3 is 2.62 bits per heavy atom. The standard InChI is InChI=1S/C12H9ClF2O/c1-2-12(5-6-12)9-7-8(13)3-4-10(9)16-11(14)15/h1,3-4,7,11H,5-6H2. The van der Waals surface area contributed by atoms with Gasteiger partial charge >= 0.3 is 6.61 Å². The molecule has 0 spiro atoms. The summed E-state index contributed by atoms with van der Waals surface area (Å²) in [7, 11) is 0. The van der Waals surface area contributed by atoms with Crippen LogP contribution in [0.15, 0.2) is 18.2 Å². The van der Waals surface area contributed by atoms with Crippen LogP contribution in [0.1, 0.15) is 18.4 Å². The first-order valence-electron chi connectivity index (χ1n) is 4.80. The van der Waals surface area contributed by atoms with Gasteiger partial charge in [0, 0.05) is 10.6 Å². The number of benzene rings is 1. The van der Waals surface area contributed by atoms with E-state index in [1.807, 2.05) is 0 Å². The summed E-state index contributed by atoms with van der Waals surface area (Å²) in [6.07, 6.45) is 6.98. The summed E-state index contributed by atoms with van der Waals surface area (Å²) >= 11 is 5.83. The Morgan fingerprint density at radius 1 is 1.44 bits per heavy atom. The van der Waals surface area contributed by atoms with Gasteiger partial charge in [-0.2, -0.15) is 8.78 Å². The van der Waals surface area contributed by atoms with Crippen molar-refractivity contribution in [2.45, 2.75) is 24.9 Å². The van der Waals surface area contributed by atoms with Crippen LogP contribution in [0, 0.1) is 12.3 Å². The summed E-state index contributed by atoms with van der Waals surface area (Å²) in [6, 6.07) is 4.54. The van der Waals surface area contributed by atoms with Crippen molar-refractivity contribution in [1.82, 2.24) is 0 Å². The number of terminal acetylenes is 1. The second kappa shape index (κ2) is 3.95. The van der Waals surface area contributed by atoms with E-state index in [9.17, 15) is 8.78 Å². The first-order valence-corrected chi connectivity index (χ1v) is 5.18. The van der Waals surface area contributed by atoms with E-state index in [1.54, 1.807) is 6.07 Å². The Hall–Kier alpha value is -1.27. The molecule has 84 valence electrons. The molecule has 4 heteroatoms. The molecule has 1 saturated carbocycles. The van der Waals surface area contributed by atoms with Gasteiger partial charge in [0.2, 0.25) is 0 Å². The van der Waals surface area contributed by atoms with Crippen LogP contribution in [0.25, 0.3) is 0 Å². The third-order valence-corrected chi connectivity index (χ3v) is 2.93. The quantitative estimate of drug-likeness (QED) is 0.736. The van der Waals surface area contributed by atoms with E-state index in [0.717, 1.165) is 12.8 Å². The minimum atomic E-state index is -2.85.